The summed E-state index contributed by atoms with van der Waals surface area (Å²) in [6.45, 7) is 2.10. The van der Waals surface area contributed by atoms with Crippen LogP contribution in [0.3, 0.4) is 0 Å². The molecule has 0 atom stereocenters. The quantitative estimate of drug-likeness (QED) is 0.736. The van der Waals surface area contributed by atoms with Crippen molar-refractivity contribution in [1.29, 1.82) is 0 Å². The summed E-state index contributed by atoms with van der Waals surface area (Å²) in [7, 11) is 0. The monoisotopic (exact) mass is 317 g/mol. The molecule has 0 unspecified atom stereocenters. The average molecular weight is 318 g/mol. The van der Waals surface area contributed by atoms with Gasteiger partial charge in [0.2, 0.25) is 5.65 Å². The molecule has 2 heterocycles. The van der Waals surface area contributed by atoms with Crippen LogP contribution in [0.1, 0.15) is 12.5 Å². The summed E-state index contributed by atoms with van der Waals surface area (Å²) in [5.41, 5.74) is 1.85. The molecule has 0 radical (unpaired) electrons. The Bertz CT molecular complexity index is 724. The van der Waals surface area contributed by atoms with Gasteiger partial charge in [0.15, 0.2) is 0 Å². The highest BCUT2D eigenvalue weighted by molar-refractivity contribution is 9.10. The molecule has 3 aromatic rings. The van der Waals surface area contributed by atoms with Crippen LogP contribution in [0, 0.1) is 0 Å². The van der Waals surface area contributed by atoms with Crippen molar-refractivity contribution in [2.75, 3.05) is 0 Å². The first-order chi connectivity index (χ1) is 9.28. The van der Waals surface area contributed by atoms with Gasteiger partial charge in [0.25, 0.3) is 5.88 Å². The number of imidazole rings is 1. The van der Waals surface area contributed by atoms with Crippen molar-refractivity contribution in [3.63, 3.8) is 0 Å². The number of fused-ring (bicyclic) bond motifs is 1. The van der Waals surface area contributed by atoms with Crippen LogP contribution in [0.5, 0.6) is 11.6 Å². The van der Waals surface area contributed by atoms with Gasteiger partial charge in [-0.05, 0) is 34.0 Å². The Morgan fingerprint density at radius 2 is 2.16 bits per heavy atom. The van der Waals surface area contributed by atoms with Gasteiger partial charge in [-0.3, -0.25) is 4.40 Å². The van der Waals surface area contributed by atoms with Gasteiger partial charge in [-0.1, -0.05) is 25.1 Å². The second kappa shape index (κ2) is 5.01. The highest BCUT2D eigenvalue weighted by Crippen LogP contribution is 2.27. The Morgan fingerprint density at radius 3 is 3.00 bits per heavy atom. The van der Waals surface area contributed by atoms with Crippen molar-refractivity contribution in [1.82, 2.24) is 14.4 Å². The number of nitrogens with zero attached hydrogens (tertiary/aromatic N) is 3. The standard InChI is InChI=1S/C14H12BrN3O/c1-2-10-5-3-4-6-11(10)19-14-13-16-7-8-18(13)9-12(15)17-14/h3-9H,2H2,1H3. The van der Waals surface area contributed by atoms with Gasteiger partial charge in [0.1, 0.15) is 10.4 Å². The molecule has 3 rings (SSSR count). The van der Waals surface area contributed by atoms with Crippen LogP contribution < -0.4 is 4.74 Å². The van der Waals surface area contributed by atoms with Crippen LogP contribution in [-0.4, -0.2) is 14.4 Å². The number of ether oxygens (including phenoxy) is 1. The number of benzene rings is 1. The van der Waals surface area contributed by atoms with Crippen molar-refractivity contribution < 1.29 is 4.74 Å². The number of hydrogen-bond acceptors (Lipinski definition) is 3. The van der Waals surface area contributed by atoms with E-state index in [0.29, 0.717) is 16.1 Å². The second-order valence-corrected chi connectivity index (χ2v) is 4.90. The van der Waals surface area contributed by atoms with Gasteiger partial charge < -0.3 is 4.74 Å². The van der Waals surface area contributed by atoms with E-state index in [2.05, 4.69) is 38.9 Å². The van der Waals surface area contributed by atoms with Crippen LogP contribution in [0.15, 0.2) is 47.5 Å². The first-order valence-corrected chi connectivity index (χ1v) is 6.82. The fourth-order valence-corrected chi connectivity index (χ4v) is 2.32. The molecule has 0 amide bonds. The summed E-state index contributed by atoms with van der Waals surface area (Å²) in [6, 6.07) is 7.96. The number of aryl methyl sites for hydroxylation is 1. The molecule has 4 nitrogen and oxygen atoms in total. The van der Waals surface area contributed by atoms with Crippen LogP contribution in [0.25, 0.3) is 5.65 Å². The summed E-state index contributed by atoms with van der Waals surface area (Å²) in [6.07, 6.45) is 6.35. The Labute approximate surface area is 119 Å². The van der Waals surface area contributed by atoms with E-state index >= 15 is 0 Å². The van der Waals surface area contributed by atoms with E-state index in [4.69, 9.17) is 4.74 Å². The number of para-hydroxylation sites is 1. The minimum atomic E-state index is 0.500. The lowest BCUT2D eigenvalue weighted by atomic mass is 10.1. The van der Waals surface area contributed by atoms with Crippen molar-refractivity contribution in [2.24, 2.45) is 0 Å². The molecule has 5 heteroatoms. The fourth-order valence-electron chi connectivity index (χ4n) is 1.94. The third kappa shape index (κ3) is 2.33. The second-order valence-electron chi connectivity index (χ2n) is 4.09. The van der Waals surface area contributed by atoms with Crippen molar-refractivity contribution >= 4 is 21.6 Å². The molecule has 0 fully saturated rings. The first kappa shape index (κ1) is 12.2. The van der Waals surface area contributed by atoms with Crippen LogP contribution >= 0.6 is 15.9 Å². The summed E-state index contributed by atoms with van der Waals surface area (Å²) in [4.78, 5) is 8.62. The zero-order valence-electron chi connectivity index (χ0n) is 10.4. The lowest BCUT2D eigenvalue weighted by molar-refractivity contribution is 0.458. The molecule has 96 valence electrons. The van der Waals surface area contributed by atoms with Gasteiger partial charge in [0.05, 0.1) is 0 Å². The molecule has 0 saturated carbocycles. The van der Waals surface area contributed by atoms with Gasteiger partial charge in [-0.25, -0.2) is 9.97 Å². The van der Waals surface area contributed by atoms with E-state index in [0.717, 1.165) is 17.7 Å². The van der Waals surface area contributed by atoms with Crippen LogP contribution in [-0.2, 0) is 6.42 Å². The predicted octanol–water partition coefficient (Wildman–Crippen LogP) is 3.85. The van der Waals surface area contributed by atoms with Crippen molar-refractivity contribution in [2.45, 2.75) is 13.3 Å². The highest BCUT2D eigenvalue weighted by Gasteiger charge is 2.10. The van der Waals surface area contributed by atoms with Crippen LogP contribution in [0.4, 0.5) is 0 Å². The molecule has 2 aromatic heterocycles. The normalized spacial score (nSPS) is 10.8. The number of hydrogen-bond donors (Lipinski definition) is 0. The smallest absolute Gasteiger partial charge is 0.264 e. The van der Waals surface area contributed by atoms with E-state index in [1.807, 2.05) is 35.0 Å². The summed E-state index contributed by atoms with van der Waals surface area (Å²) >= 11 is 3.38. The molecular weight excluding hydrogens is 306 g/mol. The maximum Gasteiger partial charge on any atom is 0.264 e. The molecular formula is C14H12BrN3O. The SMILES string of the molecule is CCc1ccccc1Oc1nc(Br)cn2ccnc12. The molecule has 0 aliphatic carbocycles. The third-order valence-corrected chi connectivity index (χ3v) is 3.26. The van der Waals surface area contributed by atoms with E-state index in [-0.39, 0.29) is 0 Å². The maximum atomic E-state index is 5.93. The largest absolute Gasteiger partial charge is 0.436 e. The number of halogens is 1. The predicted molar refractivity (Wildman–Crippen MR) is 76.6 cm³/mol. The van der Waals surface area contributed by atoms with E-state index in [1.54, 1.807) is 6.20 Å². The number of rotatable bonds is 3. The molecule has 1 aromatic carbocycles. The topological polar surface area (TPSA) is 39.4 Å². The fraction of sp³-hybridized carbons (Fsp3) is 0.143. The zero-order chi connectivity index (χ0) is 13.2. The molecule has 0 spiro atoms. The summed E-state index contributed by atoms with van der Waals surface area (Å²) in [5.74, 6) is 1.32. The van der Waals surface area contributed by atoms with Crippen LogP contribution in [0.2, 0.25) is 0 Å². The Hall–Kier alpha value is -1.88. The summed E-state index contributed by atoms with van der Waals surface area (Å²) < 4.78 is 8.51. The average Bonchev–Trinajstić information content (AvgIpc) is 2.87. The Balaban J connectivity index is 2.07. The Morgan fingerprint density at radius 1 is 1.32 bits per heavy atom. The van der Waals surface area contributed by atoms with Gasteiger partial charge in [-0.2, -0.15) is 0 Å². The van der Waals surface area contributed by atoms with Gasteiger partial charge >= 0.3 is 0 Å². The molecule has 0 saturated heterocycles. The first-order valence-electron chi connectivity index (χ1n) is 6.03. The Kier molecular flexibility index (Phi) is 3.21. The minimum Gasteiger partial charge on any atom is -0.436 e. The minimum absolute atomic E-state index is 0.500. The molecule has 0 N–H and O–H groups in total. The van der Waals surface area contributed by atoms with E-state index in [1.165, 1.54) is 0 Å². The molecule has 19 heavy (non-hydrogen) atoms. The van der Waals surface area contributed by atoms with E-state index in [9.17, 15) is 0 Å². The molecule has 0 bridgehead atoms. The van der Waals surface area contributed by atoms with Crippen molar-refractivity contribution in [3.8, 4) is 11.6 Å². The molecule has 0 aliphatic rings. The maximum absolute atomic E-state index is 5.93. The lowest BCUT2D eigenvalue weighted by Crippen LogP contribution is -1.96. The third-order valence-electron chi connectivity index (χ3n) is 2.87. The summed E-state index contributed by atoms with van der Waals surface area (Å²) in [5, 5.41) is 0. The van der Waals surface area contributed by atoms with Gasteiger partial charge in [0, 0.05) is 18.6 Å². The number of aromatic nitrogens is 3. The highest BCUT2D eigenvalue weighted by atomic mass is 79.9. The van der Waals surface area contributed by atoms with Gasteiger partial charge in [-0.15, -0.1) is 0 Å². The molecule has 0 aliphatic heterocycles. The lowest BCUT2D eigenvalue weighted by Gasteiger charge is -2.10. The zero-order valence-corrected chi connectivity index (χ0v) is 12.0. The van der Waals surface area contributed by atoms with E-state index < -0.39 is 0 Å². The van der Waals surface area contributed by atoms with Crippen molar-refractivity contribution in [3.05, 3.63) is 53.0 Å².